The van der Waals surface area contributed by atoms with Crippen LogP contribution in [0.3, 0.4) is 0 Å². The molecule has 11 nitrogen and oxygen atoms in total. The number of amides is 4. The van der Waals surface area contributed by atoms with Gasteiger partial charge in [-0.25, -0.2) is 0 Å². The van der Waals surface area contributed by atoms with Crippen LogP contribution < -0.4 is 21.3 Å². The Hall–Kier alpha value is -4.67. The highest BCUT2D eigenvalue weighted by molar-refractivity contribution is 6.00. The zero-order chi connectivity index (χ0) is 32.5. The number of carbonyl (C=O) groups excluding carboxylic acids is 5. The Morgan fingerprint density at radius 1 is 0.891 bits per heavy atom. The van der Waals surface area contributed by atoms with Crippen LogP contribution in [-0.2, 0) is 30.5 Å². The molecular weight excluding hydrogens is 586 g/mol. The smallest absolute Gasteiger partial charge is 0.303 e. The van der Waals surface area contributed by atoms with E-state index in [0.29, 0.717) is 25.1 Å². The molecule has 0 spiro atoms. The van der Waals surface area contributed by atoms with Gasteiger partial charge in [0.1, 0.15) is 11.7 Å². The van der Waals surface area contributed by atoms with Crippen LogP contribution >= 0.6 is 0 Å². The zero-order valence-electron chi connectivity index (χ0n) is 26.2. The summed E-state index contributed by atoms with van der Waals surface area (Å²) < 4.78 is 5.53. The van der Waals surface area contributed by atoms with Crippen LogP contribution in [0.4, 0.5) is 0 Å². The van der Waals surface area contributed by atoms with Crippen molar-refractivity contribution in [1.82, 2.24) is 26.3 Å². The van der Waals surface area contributed by atoms with Crippen LogP contribution in [0.15, 0.2) is 60.7 Å². The van der Waals surface area contributed by atoms with Gasteiger partial charge in [0.2, 0.25) is 11.8 Å². The maximum atomic E-state index is 14.1. The second-order valence-electron chi connectivity index (χ2n) is 12.4. The third-order valence-electron chi connectivity index (χ3n) is 8.95. The molecule has 3 aromatic rings. The number of hydrogen-bond acceptors (Lipinski definition) is 6. The molecule has 2 aromatic carbocycles. The molecule has 4 atom stereocenters. The number of aromatic amines is 1. The minimum Gasteiger partial charge on any atom is -0.450 e. The molecule has 1 aromatic heterocycles. The van der Waals surface area contributed by atoms with E-state index in [4.69, 9.17) is 4.74 Å². The topological polar surface area (TPSA) is 158 Å². The highest BCUT2D eigenvalue weighted by Gasteiger charge is 2.39. The van der Waals surface area contributed by atoms with Crippen molar-refractivity contribution in [3.8, 4) is 0 Å². The van der Waals surface area contributed by atoms with Gasteiger partial charge in [0.25, 0.3) is 11.8 Å². The number of ether oxygens (including phenoxy) is 1. The van der Waals surface area contributed by atoms with Gasteiger partial charge in [-0.2, -0.15) is 0 Å². The van der Waals surface area contributed by atoms with E-state index in [1.807, 2.05) is 54.6 Å². The van der Waals surface area contributed by atoms with E-state index < -0.39 is 47.8 Å². The summed E-state index contributed by atoms with van der Waals surface area (Å²) in [4.78, 5) is 69.1. The third-order valence-corrected chi connectivity index (χ3v) is 8.95. The van der Waals surface area contributed by atoms with Gasteiger partial charge in [-0.15, -0.1) is 0 Å². The average Bonchev–Trinajstić information content (AvgIpc) is 3.68. The van der Waals surface area contributed by atoms with Crippen LogP contribution in [-0.4, -0.2) is 59.3 Å². The number of esters is 1. The number of aromatic nitrogens is 1. The highest BCUT2D eigenvalue weighted by Crippen LogP contribution is 2.28. The first-order valence-electron chi connectivity index (χ1n) is 16.2. The van der Waals surface area contributed by atoms with Crippen molar-refractivity contribution in [1.29, 1.82) is 0 Å². The lowest BCUT2D eigenvalue weighted by Crippen LogP contribution is -2.57. The number of benzene rings is 2. The molecule has 1 aliphatic carbocycles. The summed E-state index contributed by atoms with van der Waals surface area (Å²) in [5, 5.41) is 12.4. The predicted octanol–water partition coefficient (Wildman–Crippen LogP) is 3.50. The maximum absolute atomic E-state index is 14.1. The molecule has 1 saturated heterocycles. The van der Waals surface area contributed by atoms with Crippen LogP contribution in [0.2, 0.25) is 0 Å². The molecule has 11 heteroatoms. The van der Waals surface area contributed by atoms with Crippen molar-refractivity contribution >= 4 is 40.5 Å². The first kappa shape index (κ1) is 32.7. The van der Waals surface area contributed by atoms with Gasteiger partial charge in [-0.1, -0.05) is 80.6 Å². The average molecular weight is 630 g/mol. The van der Waals surface area contributed by atoms with Crippen molar-refractivity contribution < 1.29 is 28.7 Å². The lowest BCUT2D eigenvalue weighted by Gasteiger charge is -2.31. The van der Waals surface area contributed by atoms with E-state index in [9.17, 15) is 24.0 Å². The molecule has 2 heterocycles. The van der Waals surface area contributed by atoms with Gasteiger partial charge in [0.15, 0.2) is 6.10 Å². The Morgan fingerprint density at radius 3 is 2.33 bits per heavy atom. The first-order chi connectivity index (χ1) is 22.3. The molecule has 0 radical (unpaired) electrons. The number of para-hydroxylation sites is 1. The molecule has 1 unspecified atom stereocenters. The summed E-state index contributed by atoms with van der Waals surface area (Å²) >= 11 is 0. The van der Waals surface area contributed by atoms with Gasteiger partial charge in [0.05, 0.1) is 6.04 Å². The number of carbonyl (C=O) groups is 5. The number of fused-ring (bicyclic) bond motifs is 1. The molecule has 46 heavy (non-hydrogen) atoms. The van der Waals surface area contributed by atoms with Crippen LogP contribution in [0.5, 0.6) is 0 Å². The van der Waals surface area contributed by atoms with Gasteiger partial charge < -0.3 is 31.0 Å². The lowest BCUT2D eigenvalue weighted by molar-refractivity contribution is -0.157. The summed E-state index contributed by atoms with van der Waals surface area (Å²) in [6.07, 6.45) is 4.81. The van der Waals surface area contributed by atoms with Crippen molar-refractivity contribution in [3.05, 3.63) is 71.9 Å². The number of nitrogens with one attached hydrogen (secondary N) is 5. The fourth-order valence-electron chi connectivity index (χ4n) is 6.52. The molecule has 5 rings (SSSR count). The Morgan fingerprint density at radius 2 is 1.63 bits per heavy atom. The Labute approximate surface area is 268 Å². The summed E-state index contributed by atoms with van der Waals surface area (Å²) in [6.45, 7) is 1.87. The van der Waals surface area contributed by atoms with E-state index in [0.717, 1.165) is 48.6 Å². The molecule has 1 saturated carbocycles. The quantitative estimate of drug-likeness (QED) is 0.182. The van der Waals surface area contributed by atoms with Crippen molar-refractivity contribution in [2.45, 2.75) is 83.0 Å². The molecule has 1 aliphatic heterocycles. The largest absolute Gasteiger partial charge is 0.450 e. The fourth-order valence-corrected chi connectivity index (χ4v) is 6.52. The van der Waals surface area contributed by atoms with Gasteiger partial charge >= 0.3 is 5.97 Å². The van der Waals surface area contributed by atoms with E-state index in [1.165, 1.54) is 6.92 Å². The van der Waals surface area contributed by atoms with Crippen LogP contribution in [0.1, 0.15) is 74.3 Å². The summed E-state index contributed by atoms with van der Waals surface area (Å²) in [7, 11) is 0. The fraction of sp³-hybridized carbons (Fsp3) is 0.457. The number of hydrogen-bond donors (Lipinski definition) is 5. The Kier molecular flexibility index (Phi) is 11.1. The lowest BCUT2D eigenvalue weighted by atomic mass is 9.84. The molecule has 2 aliphatic rings. The zero-order valence-corrected chi connectivity index (χ0v) is 26.2. The Balaban J connectivity index is 1.38. The second-order valence-corrected chi connectivity index (χ2v) is 12.4. The van der Waals surface area contributed by atoms with Gasteiger partial charge in [-0.3, -0.25) is 24.0 Å². The molecule has 244 valence electrons. The van der Waals surface area contributed by atoms with E-state index in [1.54, 1.807) is 6.07 Å². The van der Waals surface area contributed by atoms with E-state index >= 15 is 0 Å². The number of rotatable bonds is 13. The predicted molar refractivity (Wildman–Crippen MR) is 172 cm³/mol. The summed E-state index contributed by atoms with van der Waals surface area (Å²) in [5.74, 6) is -2.62. The molecule has 4 amide bonds. The normalized spacial score (nSPS) is 18.6. The van der Waals surface area contributed by atoms with Crippen molar-refractivity contribution in [3.63, 3.8) is 0 Å². The molecule has 5 N–H and O–H groups in total. The Bertz CT molecular complexity index is 1500. The minimum absolute atomic E-state index is 0.0837. The van der Waals surface area contributed by atoms with E-state index in [-0.39, 0.29) is 24.8 Å². The minimum atomic E-state index is -1.39. The van der Waals surface area contributed by atoms with Crippen molar-refractivity contribution in [2.24, 2.45) is 11.8 Å². The van der Waals surface area contributed by atoms with Crippen LogP contribution in [0.25, 0.3) is 10.9 Å². The monoisotopic (exact) mass is 629 g/mol. The molecule has 0 bridgehead atoms. The number of H-pyrrole nitrogens is 1. The van der Waals surface area contributed by atoms with E-state index in [2.05, 4.69) is 26.3 Å². The first-order valence-corrected chi connectivity index (χ1v) is 16.2. The third kappa shape index (κ3) is 8.74. The molecule has 2 fully saturated rings. The second kappa shape index (κ2) is 15.6. The SMILES string of the molecule is CC(=O)OC(C(=O)NCc1ccccc1)[C@H](C[C@@H]1CCNC1=O)NC(=O)[C@H](CC1CCCCC1)NC(=O)c1cc2ccccc2[nH]1. The maximum Gasteiger partial charge on any atom is 0.303 e. The highest BCUT2D eigenvalue weighted by atomic mass is 16.5. The summed E-state index contributed by atoms with van der Waals surface area (Å²) in [6, 6.07) is 16.6. The molecular formula is C35H43N5O6. The van der Waals surface area contributed by atoms with Gasteiger partial charge in [-0.05, 0) is 42.9 Å². The van der Waals surface area contributed by atoms with Crippen molar-refractivity contribution in [2.75, 3.05) is 6.54 Å². The van der Waals surface area contributed by atoms with Crippen LogP contribution in [0, 0.1) is 11.8 Å². The van der Waals surface area contributed by atoms with Gasteiger partial charge in [0, 0.05) is 36.8 Å². The summed E-state index contributed by atoms with van der Waals surface area (Å²) in [5.41, 5.74) is 1.99. The standard InChI is InChI=1S/C35H43N5O6/c1-22(41)46-31(35(45)37-21-24-12-6-3-7-13-24)28(20-26-16-17-36-32(26)42)39-33(43)29(18-23-10-4-2-5-11-23)40-34(44)30-19-25-14-8-9-15-27(25)38-30/h3,6-9,12-15,19,23,26,28-29,31,38H,2,4-5,10-11,16-18,20-21H2,1H3,(H,36,42)(H,37,45)(H,39,43)(H,40,44)/t26-,28-,29-,31?/m0/s1.